The van der Waals surface area contributed by atoms with Gasteiger partial charge in [-0.05, 0) is 41.8 Å². The first kappa shape index (κ1) is 15.7. The van der Waals surface area contributed by atoms with Gasteiger partial charge in [0.2, 0.25) is 0 Å². The van der Waals surface area contributed by atoms with E-state index in [0.717, 1.165) is 31.2 Å². The number of anilines is 1. The van der Waals surface area contributed by atoms with Gasteiger partial charge in [-0.3, -0.25) is 4.79 Å². The third-order valence-electron chi connectivity index (χ3n) is 4.34. The van der Waals surface area contributed by atoms with Gasteiger partial charge in [0, 0.05) is 5.56 Å². The lowest BCUT2D eigenvalue weighted by atomic mass is 9.83. The summed E-state index contributed by atoms with van der Waals surface area (Å²) in [6.07, 6.45) is 5.57. The van der Waals surface area contributed by atoms with Crippen LogP contribution in [0.5, 0.6) is 0 Å². The Morgan fingerprint density at radius 2 is 1.78 bits per heavy atom. The Bertz CT molecular complexity index is 702. The SMILES string of the molecule is O=C(Nc1scc(C2CCCCC2)c1C(=O)O)c1ccccc1. The van der Waals surface area contributed by atoms with Gasteiger partial charge in [0.05, 0.1) is 5.56 Å². The molecule has 5 heteroatoms. The molecule has 1 aliphatic rings. The van der Waals surface area contributed by atoms with Crippen molar-refractivity contribution in [1.29, 1.82) is 0 Å². The van der Waals surface area contributed by atoms with Crippen molar-refractivity contribution in [2.45, 2.75) is 38.0 Å². The fraction of sp³-hybridized carbons (Fsp3) is 0.333. The zero-order valence-electron chi connectivity index (χ0n) is 12.7. The molecule has 0 bridgehead atoms. The van der Waals surface area contributed by atoms with Crippen LogP contribution >= 0.6 is 11.3 Å². The highest BCUT2D eigenvalue weighted by Gasteiger charge is 2.26. The Hall–Kier alpha value is -2.14. The molecule has 2 aromatic rings. The molecule has 23 heavy (non-hydrogen) atoms. The summed E-state index contributed by atoms with van der Waals surface area (Å²) in [6, 6.07) is 8.84. The number of nitrogens with one attached hydrogen (secondary N) is 1. The summed E-state index contributed by atoms with van der Waals surface area (Å²) < 4.78 is 0. The minimum absolute atomic E-state index is 0.270. The van der Waals surface area contributed by atoms with Crippen molar-refractivity contribution in [2.75, 3.05) is 5.32 Å². The van der Waals surface area contributed by atoms with Gasteiger partial charge in [0.15, 0.2) is 0 Å². The van der Waals surface area contributed by atoms with E-state index in [1.54, 1.807) is 24.3 Å². The topological polar surface area (TPSA) is 66.4 Å². The second-order valence-electron chi connectivity index (χ2n) is 5.86. The highest BCUT2D eigenvalue weighted by atomic mass is 32.1. The van der Waals surface area contributed by atoms with Crippen molar-refractivity contribution in [3.05, 3.63) is 52.4 Å². The highest BCUT2D eigenvalue weighted by molar-refractivity contribution is 7.15. The quantitative estimate of drug-likeness (QED) is 0.851. The number of rotatable bonds is 4. The molecule has 0 unspecified atom stereocenters. The minimum Gasteiger partial charge on any atom is -0.478 e. The lowest BCUT2D eigenvalue weighted by molar-refractivity contribution is 0.0696. The molecule has 1 heterocycles. The average Bonchev–Trinajstić information content (AvgIpc) is 3.00. The van der Waals surface area contributed by atoms with Crippen LogP contribution in [-0.2, 0) is 0 Å². The normalized spacial score (nSPS) is 15.3. The Balaban J connectivity index is 1.86. The van der Waals surface area contributed by atoms with Crippen LogP contribution in [-0.4, -0.2) is 17.0 Å². The Kier molecular flexibility index (Phi) is 4.76. The lowest BCUT2D eigenvalue weighted by Crippen LogP contribution is -2.15. The zero-order valence-corrected chi connectivity index (χ0v) is 13.6. The number of carbonyl (C=O) groups excluding carboxylic acids is 1. The first-order valence-electron chi connectivity index (χ1n) is 7.88. The number of thiophene rings is 1. The molecule has 2 N–H and O–H groups in total. The van der Waals surface area contributed by atoms with Gasteiger partial charge >= 0.3 is 5.97 Å². The van der Waals surface area contributed by atoms with E-state index in [1.165, 1.54) is 17.8 Å². The number of hydrogen-bond acceptors (Lipinski definition) is 3. The molecule has 1 aliphatic carbocycles. The summed E-state index contributed by atoms with van der Waals surface area (Å²) in [4.78, 5) is 24.0. The molecule has 1 aromatic carbocycles. The van der Waals surface area contributed by atoms with Crippen molar-refractivity contribution in [2.24, 2.45) is 0 Å². The fourth-order valence-electron chi connectivity index (χ4n) is 3.16. The first-order chi connectivity index (χ1) is 11.2. The molecule has 0 spiro atoms. The second kappa shape index (κ2) is 6.96. The number of aromatic carboxylic acids is 1. The Labute approximate surface area is 139 Å². The van der Waals surface area contributed by atoms with Gasteiger partial charge < -0.3 is 10.4 Å². The number of benzene rings is 1. The first-order valence-corrected chi connectivity index (χ1v) is 8.76. The van der Waals surface area contributed by atoms with E-state index in [1.807, 2.05) is 11.4 Å². The van der Waals surface area contributed by atoms with Crippen LogP contribution in [0.1, 0.15) is 64.3 Å². The number of hydrogen-bond donors (Lipinski definition) is 2. The number of amides is 1. The highest BCUT2D eigenvalue weighted by Crippen LogP contribution is 2.40. The zero-order chi connectivity index (χ0) is 16.2. The van der Waals surface area contributed by atoms with Crippen LogP contribution < -0.4 is 5.32 Å². The Morgan fingerprint density at radius 1 is 1.09 bits per heavy atom. The van der Waals surface area contributed by atoms with Gasteiger partial charge in [-0.1, -0.05) is 37.5 Å². The van der Waals surface area contributed by atoms with Crippen molar-refractivity contribution in [3.8, 4) is 0 Å². The molecule has 4 nitrogen and oxygen atoms in total. The molecule has 0 saturated heterocycles. The Morgan fingerprint density at radius 3 is 2.43 bits per heavy atom. The summed E-state index contributed by atoms with van der Waals surface area (Å²) in [7, 11) is 0. The van der Waals surface area contributed by atoms with Crippen molar-refractivity contribution in [3.63, 3.8) is 0 Å². The van der Waals surface area contributed by atoms with Gasteiger partial charge in [-0.15, -0.1) is 11.3 Å². The van der Waals surface area contributed by atoms with Gasteiger partial charge in [0.25, 0.3) is 5.91 Å². The summed E-state index contributed by atoms with van der Waals surface area (Å²) in [6.45, 7) is 0. The van der Waals surface area contributed by atoms with Gasteiger partial charge in [-0.2, -0.15) is 0 Å². The summed E-state index contributed by atoms with van der Waals surface area (Å²) >= 11 is 1.31. The summed E-state index contributed by atoms with van der Waals surface area (Å²) in [5, 5.41) is 14.7. The monoisotopic (exact) mass is 329 g/mol. The minimum atomic E-state index is -0.963. The third kappa shape index (κ3) is 3.45. The standard InChI is InChI=1S/C18H19NO3S/c20-16(13-9-5-2-6-10-13)19-17-15(18(21)22)14(11-23-17)12-7-3-1-4-8-12/h2,5-6,9-12H,1,3-4,7-8H2,(H,19,20)(H,21,22). The largest absolute Gasteiger partial charge is 0.478 e. The molecule has 1 amide bonds. The van der Waals surface area contributed by atoms with Crippen LogP contribution in [0.3, 0.4) is 0 Å². The smallest absolute Gasteiger partial charge is 0.339 e. The van der Waals surface area contributed by atoms with E-state index >= 15 is 0 Å². The number of carboxylic acids is 1. The maximum Gasteiger partial charge on any atom is 0.339 e. The van der Waals surface area contributed by atoms with Crippen LogP contribution in [0, 0.1) is 0 Å². The molecule has 0 radical (unpaired) electrons. The van der Waals surface area contributed by atoms with E-state index in [-0.39, 0.29) is 11.5 Å². The molecular formula is C18H19NO3S. The molecule has 3 rings (SSSR count). The fourth-order valence-corrected chi connectivity index (χ4v) is 4.19. The van der Waals surface area contributed by atoms with Crippen LogP contribution in [0.4, 0.5) is 5.00 Å². The molecular weight excluding hydrogens is 310 g/mol. The molecule has 1 aromatic heterocycles. The van der Waals surface area contributed by atoms with Crippen LogP contribution in [0.2, 0.25) is 0 Å². The van der Waals surface area contributed by atoms with Crippen LogP contribution in [0.25, 0.3) is 0 Å². The van der Waals surface area contributed by atoms with Crippen molar-refractivity contribution in [1.82, 2.24) is 0 Å². The predicted molar refractivity (Wildman–Crippen MR) is 91.5 cm³/mol. The van der Waals surface area contributed by atoms with E-state index < -0.39 is 5.97 Å². The third-order valence-corrected chi connectivity index (χ3v) is 5.26. The van der Waals surface area contributed by atoms with E-state index in [0.29, 0.717) is 16.5 Å². The maximum atomic E-state index is 12.3. The van der Waals surface area contributed by atoms with E-state index in [2.05, 4.69) is 5.32 Å². The van der Waals surface area contributed by atoms with Gasteiger partial charge in [-0.25, -0.2) is 4.79 Å². The molecule has 1 fully saturated rings. The molecule has 120 valence electrons. The molecule has 1 saturated carbocycles. The number of carbonyl (C=O) groups is 2. The second-order valence-corrected chi connectivity index (χ2v) is 6.74. The summed E-state index contributed by atoms with van der Waals surface area (Å²) in [5.74, 6) is -0.936. The van der Waals surface area contributed by atoms with Crippen LogP contribution in [0.15, 0.2) is 35.7 Å². The van der Waals surface area contributed by atoms with Crippen molar-refractivity contribution < 1.29 is 14.7 Å². The van der Waals surface area contributed by atoms with E-state index in [9.17, 15) is 14.7 Å². The molecule has 0 aliphatic heterocycles. The van der Waals surface area contributed by atoms with Gasteiger partial charge in [0.1, 0.15) is 5.00 Å². The van der Waals surface area contributed by atoms with E-state index in [4.69, 9.17) is 0 Å². The van der Waals surface area contributed by atoms with Crippen molar-refractivity contribution >= 4 is 28.2 Å². The predicted octanol–water partition coefficient (Wildman–Crippen LogP) is 4.75. The summed E-state index contributed by atoms with van der Waals surface area (Å²) in [5.41, 5.74) is 1.67. The number of carboxylic acid groups (broad SMARTS) is 1. The molecule has 0 atom stereocenters. The lowest BCUT2D eigenvalue weighted by Gasteiger charge is -2.21. The maximum absolute atomic E-state index is 12.3. The average molecular weight is 329 g/mol.